The van der Waals surface area contributed by atoms with E-state index in [9.17, 15) is 0 Å². The van der Waals surface area contributed by atoms with E-state index in [1.807, 2.05) is 19.0 Å². The van der Waals surface area contributed by atoms with Crippen LogP contribution in [0.4, 0.5) is 0 Å². The Kier molecular flexibility index (Phi) is 4.73. The van der Waals surface area contributed by atoms with E-state index in [4.69, 9.17) is 0 Å². The lowest BCUT2D eigenvalue weighted by atomic mass is 10.2. The van der Waals surface area contributed by atoms with E-state index < -0.39 is 0 Å². The molecule has 0 aliphatic carbocycles. The third kappa shape index (κ3) is 4.19. The molecule has 0 fully saturated rings. The van der Waals surface area contributed by atoms with Crippen LogP contribution >= 0.6 is 0 Å². The van der Waals surface area contributed by atoms with Crippen LogP contribution in [0.15, 0.2) is 23.9 Å². The van der Waals surface area contributed by atoms with Crippen molar-refractivity contribution in [3.63, 3.8) is 0 Å². The van der Waals surface area contributed by atoms with Crippen LogP contribution in [0.1, 0.15) is 20.3 Å². The molecule has 1 nitrogen and oxygen atoms in total. The highest BCUT2D eigenvalue weighted by Gasteiger charge is 1.83. The van der Waals surface area contributed by atoms with Crippen molar-refractivity contribution in [1.82, 2.24) is 4.90 Å². The highest BCUT2D eigenvalue weighted by molar-refractivity contribution is 5.16. The largest absolute Gasteiger partial charge is 0.383 e. The lowest BCUT2D eigenvalue weighted by molar-refractivity contribution is 0.563. The molecule has 0 radical (unpaired) electrons. The van der Waals surface area contributed by atoms with E-state index in [1.165, 1.54) is 5.57 Å². The van der Waals surface area contributed by atoms with Crippen molar-refractivity contribution in [2.45, 2.75) is 20.3 Å². The number of nitrogens with zero attached hydrogens (tertiary/aromatic N) is 1. The Balaban J connectivity index is 3.86. The van der Waals surface area contributed by atoms with Gasteiger partial charge >= 0.3 is 0 Å². The zero-order valence-electron chi connectivity index (χ0n) is 7.39. The van der Waals surface area contributed by atoms with Gasteiger partial charge in [-0.2, -0.15) is 0 Å². The summed E-state index contributed by atoms with van der Waals surface area (Å²) < 4.78 is 0. The van der Waals surface area contributed by atoms with Gasteiger partial charge in [-0.3, -0.25) is 0 Å². The molecule has 0 heterocycles. The number of allylic oxidation sites excluding steroid dienone is 3. The molecule has 0 atom stereocenters. The van der Waals surface area contributed by atoms with E-state index in [2.05, 4.69) is 32.2 Å². The highest BCUT2D eigenvalue weighted by Crippen LogP contribution is 2.01. The summed E-state index contributed by atoms with van der Waals surface area (Å²) in [6.45, 7) is 4.23. The predicted molar refractivity (Wildman–Crippen MR) is 46.9 cm³/mol. The fraction of sp³-hybridized carbons (Fsp3) is 0.556. The first-order valence-electron chi connectivity index (χ1n) is 3.70. The maximum Gasteiger partial charge on any atom is 0.00556 e. The van der Waals surface area contributed by atoms with Crippen molar-refractivity contribution in [2.24, 2.45) is 0 Å². The molecule has 0 amide bonds. The lowest BCUT2D eigenvalue weighted by Gasteiger charge is -2.03. The van der Waals surface area contributed by atoms with Crippen LogP contribution in [0, 0.1) is 0 Å². The quantitative estimate of drug-likeness (QED) is 0.543. The summed E-state index contributed by atoms with van der Waals surface area (Å²) in [7, 11) is 4.05. The van der Waals surface area contributed by atoms with Crippen LogP contribution in [-0.4, -0.2) is 19.0 Å². The average molecular weight is 139 g/mol. The van der Waals surface area contributed by atoms with Crippen LogP contribution in [0.2, 0.25) is 0 Å². The van der Waals surface area contributed by atoms with Crippen LogP contribution in [0.5, 0.6) is 0 Å². The van der Waals surface area contributed by atoms with Crippen molar-refractivity contribution in [1.29, 1.82) is 0 Å². The van der Waals surface area contributed by atoms with Crippen molar-refractivity contribution in [3.8, 4) is 0 Å². The van der Waals surface area contributed by atoms with Crippen molar-refractivity contribution in [3.05, 3.63) is 23.9 Å². The van der Waals surface area contributed by atoms with Crippen molar-refractivity contribution < 1.29 is 0 Å². The molecule has 0 aromatic carbocycles. The topological polar surface area (TPSA) is 3.24 Å². The first kappa shape index (κ1) is 9.28. The van der Waals surface area contributed by atoms with Gasteiger partial charge in [0.25, 0.3) is 0 Å². The van der Waals surface area contributed by atoms with Crippen molar-refractivity contribution in [2.75, 3.05) is 14.1 Å². The molecule has 0 unspecified atom stereocenters. The van der Waals surface area contributed by atoms with Gasteiger partial charge in [-0.1, -0.05) is 18.6 Å². The van der Waals surface area contributed by atoms with E-state index in [1.54, 1.807) is 0 Å². The third-order valence-electron chi connectivity index (χ3n) is 1.37. The maximum atomic E-state index is 2.16. The smallest absolute Gasteiger partial charge is 0.00556 e. The van der Waals surface area contributed by atoms with E-state index >= 15 is 0 Å². The zero-order valence-corrected chi connectivity index (χ0v) is 7.39. The summed E-state index contributed by atoms with van der Waals surface area (Å²) in [6.07, 6.45) is 7.46. The molecule has 0 aromatic heterocycles. The normalized spacial score (nSPS) is 12.6. The van der Waals surface area contributed by atoms with E-state index in [0.717, 1.165) is 6.42 Å². The average Bonchev–Trinajstić information content (AvgIpc) is 1.90. The molecule has 0 aliphatic heterocycles. The Bertz CT molecular complexity index is 132. The van der Waals surface area contributed by atoms with Crippen LogP contribution < -0.4 is 0 Å². The molecule has 10 heavy (non-hydrogen) atoms. The van der Waals surface area contributed by atoms with E-state index in [-0.39, 0.29) is 0 Å². The molecular weight excluding hydrogens is 122 g/mol. The van der Waals surface area contributed by atoms with Crippen LogP contribution in [-0.2, 0) is 0 Å². The van der Waals surface area contributed by atoms with Gasteiger partial charge in [-0.25, -0.2) is 0 Å². The molecule has 0 spiro atoms. The standard InChI is InChI=1S/C9H17N/c1-5-9(6-2)7-8-10(3)4/h5,7-8H,6H2,1-4H3. The SMILES string of the molecule is CC=C(C=CN(C)C)CC. The minimum Gasteiger partial charge on any atom is -0.383 e. The van der Waals surface area contributed by atoms with Crippen LogP contribution in [0.3, 0.4) is 0 Å². The van der Waals surface area contributed by atoms with Gasteiger partial charge in [0.1, 0.15) is 0 Å². The van der Waals surface area contributed by atoms with Gasteiger partial charge in [0.2, 0.25) is 0 Å². The second kappa shape index (κ2) is 5.10. The number of hydrogen-bond acceptors (Lipinski definition) is 1. The fourth-order valence-electron chi connectivity index (χ4n) is 0.663. The Labute approximate surface area is 64.0 Å². The van der Waals surface area contributed by atoms with Crippen LogP contribution in [0.25, 0.3) is 0 Å². The summed E-state index contributed by atoms with van der Waals surface area (Å²) in [5.74, 6) is 0. The first-order chi connectivity index (χ1) is 4.70. The number of rotatable bonds is 3. The third-order valence-corrected chi connectivity index (χ3v) is 1.37. The van der Waals surface area contributed by atoms with Gasteiger partial charge < -0.3 is 4.90 Å². The van der Waals surface area contributed by atoms with Gasteiger partial charge in [0.05, 0.1) is 0 Å². The summed E-state index contributed by atoms with van der Waals surface area (Å²) in [5.41, 5.74) is 1.38. The van der Waals surface area contributed by atoms with Gasteiger partial charge in [0, 0.05) is 14.1 Å². The first-order valence-corrected chi connectivity index (χ1v) is 3.70. The second-order valence-electron chi connectivity index (χ2n) is 2.50. The fourth-order valence-corrected chi connectivity index (χ4v) is 0.663. The minimum atomic E-state index is 1.11. The molecule has 0 rings (SSSR count). The molecule has 0 aromatic rings. The monoisotopic (exact) mass is 139 g/mol. The number of hydrogen-bond donors (Lipinski definition) is 0. The molecule has 58 valence electrons. The van der Waals surface area contributed by atoms with Gasteiger partial charge in [0.15, 0.2) is 0 Å². The molecule has 0 aliphatic rings. The lowest BCUT2D eigenvalue weighted by Crippen LogP contribution is -1.99. The summed E-state index contributed by atoms with van der Waals surface area (Å²) in [5, 5.41) is 0. The molecule has 0 N–H and O–H groups in total. The molecule has 0 bridgehead atoms. The zero-order chi connectivity index (χ0) is 7.98. The molecule has 1 heteroatoms. The van der Waals surface area contributed by atoms with Gasteiger partial charge in [-0.05, 0) is 25.6 Å². The summed E-state index contributed by atoms with van der Waals surface area (Å²) >= 11 is 0. The Morgan fingerprint density at radius 2 is 2.00 bits per heavy atom. The summed E-state index contributed by atoms with van der Waals surface area (Å²) in [4.78, 5) is 2.04. The molecular formula is C9H17N. The highest BCUT2D eigenvalue weighted by atomic mass is 15.0. The maximum absolute atomic E-state index is 2.16. The predicted octanol–water partition coefficient (Wildman–Crippen LogP) is 2.42. The Morgan fingerprint density at radius 1 is 1.40 bits per heavy atom. The second-order valence-corrected chi connectivity index (χ2v) is 2.50. The minimum absolute atomic E-state index is 1.11. The van der Waals surface area contributed by atoms with E-state index in [0.29, 0.717) is 0 Å². The Morgan fingerprint density at radius 3 is 2.30 bits per heavy atom. The molecule has 0 saturated heterocycles. The summed E-state index contributed by atoms with van der Waals surface area (Å²) in [6, 6.07) is 0. The van der Waals surface area contributed by atoms with Gasteiger partial charge in [-0.15, -0.1) is 0 Å². The van der Waals surface area contributed by atoms with Crippen molar-refractivity contribution >= 4 is 0 Å². The molecule has 0 saturated carbocycles. The Hall–Kier alpha value is -0.720.